The first-order valence-electron chi connectivity index (χ1n) is 16.4. The number of aryl methyl sites for hydroxylation is 1. The van der Waals surface area contributed by atoms with Crippen molar-refractivity contribution >= 4 is 17.7 Å². The predicted molar refractivity (Wildman–Crippen MR) is 181 cm³/mol. The minimum Gasteiger partial charge on any atom is -0.450 e. The van der Waals surface area contributed by atoms with Gasteiger partial charge in [0.2, 0.25) is 0 Å². The Morgan fingerprint density at radius 3 is 2.43 bits per heavy atom. The summed E-state index contributed by atoms with van der Waals surface area (Å²) in [6, 6.07) is 11.0. The summed E-state index contributed by atoms with van der Waals surface area (Å²) in [6.45, 7) is 21.3. The van der Waals surface area contributed by atoms with Crippen molar-refractivity contribution in [1.82, 2.24) is 0 Å². The van der Waals surface area contributed by atoms with Gasteiger partial charge in [0, 0.05) is 35.1 Å². The molecule has 6 atom stereocenters. The van der Waals surface area contributed by atoms with Gasteiger partial charge in [-0.05, 0) is 92.5 Å². The summed E-state index contributed by atoms with van der Waals surface area (Å²) in [6.07, 6.45) is 12.6. The van der Waals surface area contributed by atoms with Gasteiger partial charge in [0.05, 0.1) is 5.25 Å². The van der Waals surface area contributed by atoms with Crippen molar-refractivity contribution in [2.24, 2.45) is 22.7 Å². The second-order valence-electron chi connectivity index (χ2n) is 14.8. The highest BCUT2D eigenvalue weighted by Crippen LogP contribution is 2.68. The zero-order valence-corrected chi connectivity index (χ0v) is 28.7. The largest absolute Gasteiger partial charge is 0.450 e. The highest BCUT2D eigenvalue weighted by Gasteiger charge is 2.57. The fraction of sp³-hybridized carbons (Fsp3) is 0.500. The standard InChI is InChI=1S/C40H48O3S/c1-10-26(4)42-37-27(5)36-32(22-33(37)43-28(6)41)39(8)18-16-30-31-21-25(3)15-17-38(31,7)19-20-40(30,9)35(39)23-34(36)44-29-13-11-24(2)12-14-29/h11-14,16,22-23,25,31,34H,1,15,17-21H2,2-9H3/t25-,31-,34?,38+,39-,40?/m0/s1. The Kier molecular flexibility index (Phi) is 7.87. The van der Waals surface area contributed by atoms with E-state index in [2.05, 4.69) is 96.3 Å². The number of allylic oxidation sites excluding steroid dienone is 4. The quantitative estimate of drug-likeness (QED) is 0.111. The first kappa shape index (κ1) is 31.1. The van der Waals surface area contributed by atoms with Crippen molar-refractivity contribution in [2.45, 2.75) is 109 Å². The Bertz CT molecular complexity index is 1620. The number of carbonyl (C=O) groups excluding carboxylic acids is 1. The van der Waals surface area contributed by atoms with E-state index in [1.165, 1.54) is 60.6 Å². The van der Waals surface area contributed by atoms with E-state index in [-0.39, 0.29) is 22.0 Å². The average Bonchev–Trinajstić information content (AvgIpc) is 2.97. The monoisotopic (exact) mass is 608 g/mol. The first-order chi connectivity index (χ1) is 20.8. The summed E-state index contributed by atoms with van der Waals surface area (Å²) in [5, 5.41) is 0.0901. The van der Waals surface area contributed by atoms with E-state index in [0.717, 1.165) is 17.9 Å². The van der Waals surface area contributed by atoms with Gasteiger partial charge in [0.15, 0.2) is 11.5 Å². The highest BCUT2D eigenvalue weighted by atomic mass is 32.2. The third-order valence-corrected chi connectivity index (χ3v) is 12.8. The Morgan fingerprint density at radius 2 is 1.75 bits per heavy atom. The van der Waals surface area contributed by atoms with E-state index >= 15 is 0 Å². The molecule has 0 bridgehead atoms. The van der Waals surface area contributed by atoms with E-state index < -0.39 is 0 Å². The van der Waals surface area contributed by atoms with E-state index in [0.29, 0.717) is 28.6 Å². The van der Waals surface area contributed by atoms with Crippen LogP contribution in [-0.2, 0) is 10.2 Å². The molecule has 0 amide bonds. The lowest BCUT2D eigenvalue weighted by Gasteiger charge is -2.60. The second kappa shape index (κ2) is 11.1. The van der Waals surface area contributed by atoms with Gasteiger partial charge >= 0.3 is 5.97 Å². The van der Waals surface area contributed by atoms with Crippen LogP contribution in [0.4, 0.5) is 0 Å². The van der Waals surface area contributed by atoms with Crippen molar-refractivity contribution in [3.8, 4) is 11.5 Å². The fourth-order valence-electron chi connectivity index (χ4n) is 8.98. The predicted octanol–water partition coefficient (Wildman–Crippen LogP) is 10.9. The van der Waals surface area contributed by atoms with Crippen LogP contribution in [0.3, 0.4) is 0 Å². The SMILES string of the molecule is C=C=C(C)Oc1c(OC(C)=O)cc2c(c1C)C(Sc1ccc(C)cc1)C=C1C3(C)CC[C@@]4(C)CC[C@H](C)C[C@H]4C3=CC[C@]12C. The first-order valence-corrected chi connectivity index (χ1v) is 17.2. The number of carbonyl (C=O) groups is 1. The van der Waals surface area contributed by atoms with Gasteiger partial charge in [0.25, 0.3) is 0 Å². The van der Waals surface area contributed by atoms with E-state index in [1.807, 2.05) is 18.7 Å². The van der Waals surface area contributed by atoms with Gasteiger partial charge in [-0.25, -0.2) is 0 Å². The van der Waals surface area contributed by atoms with Crippen LogP contribution in [0.25, 0.3) is 0 Å². The molecule has 2 unspecified atom stereocenters. The van der Waals surface area contributed by atoms with Crippen molar-refractivity contribution in [3.05, 3.63) is 94.0 Å². The molecule has 0 heterocycles. The summed E-state index contributed by atoms with van der Waals surface area (Å²) in [5.74, 6) is 2.66. The van der Waals surface area contributed by atoms with Crippen molar-refractivity contribution in [2.75, 3.05) is 0 Å². The van der Waals surface area contributed by atoms with E-state index in [9.17, 15) is 4.79 Å². The third-order valence-electron chi connectivity index (χ3n) is 11.6. The molecule has 232 valence electrons. The lowest BCUT2D eigenvalue weighted by atomic mass is 9.44. The Balaban J connectivity index is 1.57. The van der Waals surface area contributed by atoms with Crippen LogP contribution in [-0.4, -0.2) is 5.97 Å². The molecule has 0 saturated heterocycles. The van der Waals surface area contributed by atoms with Crippen LogP contribution in [0.15, 0.2) is 76.6 Å². The molecule has 0 aromatic heterocycles. The van der Waals surface area contributed by atoms with Gasteiger partial charge in [-0.2, -0.15) is 0 Å². The van der Waals surface area contributed by atoms with Crippen molar-refractivity contribution in [1.29, 1.82) is 0 Å². The van der Waals surface area contributed by atoms with Crippen LogP contribution in [0, 0.1) is 36.5 Å². The molecule has 0 aliphatic heterocycles. The molecule has 0 radical (unpaired) electrons. The molecule has 4 aliphatic rings. The molecule has 44 heavy (non-hydrogen) atoms. The smallest absolute Gasteiger partial charge is 0.308 e. The maximum atomic E-state index is 12.4. The number of benzene rings is 2. The van der Waals surface area contributed by atoms with Gasteiger partial charge in [-0.1, -0.05) is 87.4 Å². The molecule has 2 saturated carbocycles. The number of thioether (sulfide) groups is 1. The van der Waals surface area contributed by atoms with Gasteiger partial charge in [0.1, 0.15) is 5.76 Å². The maximum absolute atomic E-state index is 12.4. The zero-order chi connectivity index (χ0) is 31.6. The van der Waals surface area contributed by atoms with Crippen molar-refractivity contribution < 1.29 is 14.3 Å². The summed E-state index contributed by atoms with van der Waals surface area (Å²) < 4.78 is 12.2. The number of hydrogen-bond acceptors (Lipinski definition) is 4. The number of ether oxygens (including phenoxy) is 2. The van der Waals surface area contributed by atoms with Gasteiger partial charge in [-0.15, -0.1) is 11.8 Å². The molecule has 3 nitrogen and oxygen atoms in total. The third kappa shape index (κ3) is 5.03. The molecule has 2 aromatic rings. The number of rotatable bonds is 5. The second-order valence-corrected chi connectivity index (χ2v) is 16.0. The van der Waals surface area contributed by atoms with E-state index in [1.54, 1.807) is 11.1 Å². The molecule has 2 aromatic carbocycles. The molecule has 0 spiro atoms. The summed E-state index contributed by atoms with van der Waals surface area (Å²) in [5.41, 5.74) is 11.1. The molecule has 4 heteroatoms. The Labute approximate surface area is 268 Å². The highest BCUT2D eigenvalue weighted by molar-refractivity contribution is 7.99. The van der Waals surface area contributed by atoms with Crippen LogP contribution in [0.2, 0.25) is 0 Å². The van der Waals surface area contributed by atoms with Crippen LogP contribution in [0.1, 0.15) is 108 Å². The molecular weight excluding hydrogens is 561 g/mol. The minimum absolute atomic E-state index is 0.00481. The minimum atomic E-state index is -0.354. The van der Waals surface area contributed by atoms with Crippen LogP contribution in [0.5, 0.6) is 11.5 Å². The number of fused-ring (bicyclic) bond motifs is 7. The maximum Gasteiger partial charge on any atom is 0.308 e. The molecule has 0 N–H and O–H groups in total. The number of hydrogen-bond donors (Lipinski definition) is 0. The summed E-state index contributed by atoms with van der Waals surface area (Å²) in [7, 11) is 0. The number of esters is 1. The topological polar surface area (TPSA) is 35.5 Å². The normalized spacial score (nSPS) is 32.0. The molecule has 6 rings (SSSR count). The lowest BCUT2D eigenvalue weighted by Crippen LogP contribution is -2.50. The van der Waals surface area contributed by atoms with Crippen molar-refractivity contribution in [3.63, 3.8) is 0 Å². The average molecular weight is 609 g/mol. The summed E-state index contributed by atoms with van der Waals surface area (Å²) in [4.78, 5) is 13.6. The van der Waals surface area contributed by atoms with Gasteiger partial charge < -0.3 is 9.47 Å². The van der Waals surface area contributed by atoms with Gasteiger partial charge in [-0.3, -0.25) is 4.79 Å². The fourth-order valence-corrected chi connectivity index (χ4v) is 10.2. The van der Waals surface area contributed by atoms with Crippen LogP contribution < -0.4 is 9.47 Å². The Hall–Kier alpha value is -2.94. The summed E-state index contributed by atoms with van der Waals surface area (Å²) >= 11 is 1.90. The Morgan fingerprint density at radius 1 is 1.02 bits per heavy atom. The van der Waals surface area contributed by atoms with Crippen LogP contribution >= 0.6 is 11.8 Å². The van der Waals surface area contributed by atoms with E-state index in [4.69, 9.17) is 9.47 Å². The molecule has 2 fully saturated rings. The molecule has 4 aliphatic carbocycles. The molecular formula is C40H48O3S. The zero-order valence-electron chi connectivity index (χ0n) is 27.9. The lowest BCUT2D eigenvalue weighted by molar-refractivity contribution is -0.132.